The fraction of sp³-hybridized carbons (Fsp3) is 0.316. The Morgan fingerprint density at radius 1 is 1.32 bits per heavy atom. The smallest absolute Gasteiger partial charge is 0.315 e. The molecule has 3 rings (SSSR count). The van der Waals surface area contributed by atoms with Crippen molar-refractivity contribution in [2.24, 2.45) is 0 Å². The summed E-state index contributed by atoms with van der Waals surface area (Å²) in [6.07, 6.45) is 0.743. The monoisotopic (exact) mass is 344 g/mol. The number of aliphatic hydroxyl groups is 1. The Kier molecular flexibility index (Phi) is 5.19. The maximum atomic E-state index is 13.4. The highest BCUT2D eigenvalue weighted by Gasteiger charge is 2.24. The van der Waals surface area contributed by atoms with Crippen LogP contribution in [0.2, 0.25) is 0 Å². The Morgan fingerprint density at radius 3 is 2.80 bits per heavy atom. The number of hydrogen-bond donors (Lipinski definition) is 3. The van der Waals surface area contributed by atoms with Crippen molar-refractivity contribution in [3.63, 3.8) is 0 Å². The van der Waals surface area contributed by atoms with E-state index in [1.807, 2.05) is 0 Å². The van der Waals surface area contributed by atoms with Gasteiger partial charge < -0.3 is 20.5 Å². The molecule has 0 spiro atoms. The minimum Gasteiger partial charge on any atom is -0.497 e. The average Bonchev–Trinajstić information content (AvgIpc) is 3.01. The molecule has 2 aromatic carbocycles. The summed E-state index contributed by atoms with van der Waals surface area (Å²) in [5.74, 6) is 0.400. The molecule has 132 valence electrons. The lowest BCUT2D eigenvalue weighted by atomic mass is 10.1. The van der Waals surface area contributed by atoms with Crippen LogP contribution in [0.5, 0.6) is 5.75 Å². The number of methoxy groups -OCH3 is 1. The molecule has 25 heavy (non-hydrogen) atoms. The molecule has 0 aromatic heterocycles. The zero-order chi connectivity index (χ0) is 17.8. The standard InChI is InChI=1S/C19H21FN2O3/c1-25-15-7-3-13(4-8-15)18(23)11-21-19(24)22-17-9-5-12-2-6-14(20)10-16(12)17/h2-4,6-8,10,17-18,23H,5,9,11H2,1H3,(H2,21,22,24). The van der Waals surface area contributed by atoms with E-state index in [1.54, 1.807) is 37.4 Å². The molecule has 2 atom stereocenters. The van der Waals surface area contributed by atoms with Gasteiger partial charge in [0.25, 0.3) is 0 Å². The quantitative estimate of drug-likeness (QED) is 0.781. The highest BCUT2D eigenvalue weighted by atomic mass is 19.1. The van der Waals surface area contributed by atoms with Gasteiger partial charge in [-0.3, -0.25) is 0 Å². The van der Waals surface area contributed by atoms with E-state index in [2.05, 4.69) is 10.6 Å². The first-order valence-electron chi connectivity index (χ1n) is 8.21. The van der Waals surface area contributed by atoms with Gasteiger partial charge in [-0.1, -0.05) is 18.2 Å². The number of ether oxygens (including phenoxy) is 1. The van der Waals surface area contributed by atoms with Crippen molar-refractivity contribution in [3.8, 4) is 5.75 Å². The number of benzene rings is 2. The number of carbonyl (C=O) groups excluding carboxylic acids is 1. The van der Waals surface area contributed by atoms with E-state index < -0.39 is 6.10 Å². The molecule has 2 aromatic rings. The Labute approximate surface area is 145 Å². The number of aliphatic hydroxyl groups excluding tert-OH is 1. The minimum atomic E-state index is -0.815. The van der Waals surface area contributed by atoms with Gasteiger partial charge in [0, 0.05) is 6.54 Å². The molecule has 0 aliphatic heterocycles. The average molecular weight is 344 g/mol. The second-order valence-corrected chi connectivity index (χ2v) is 6.08. The van der Waals surface area contributed by atoms with Crippen LogP contribution in [0, 0.1) is 5.82 Å². The molecule has 0 bridgehead atoms. The number of urea groups is 1. The molecular formula is C19H21FN2O3. The number of hydrogen-bond acceptors (Lipinski definition) is 3. The molecule has 0 fully saturated rings. The van der Waals surface area contributed by atoms with Gasteiger partial charge in [0.1, 0.15) is 11.6 Å². The lowest BCUT2D eigenvalue weighted by Gasteiger charge is -2.17. The summed E-state index contributed by atoms with van der Waals surface area (Å²) in [7, 11) is 1.57. The first-order valence-corrected chi connectivity index (χ1v) is 8.21. The third-order valence-electron chi connectivity index (χ3n) is 4.45. The highest BCUT2D eigenvalue weighted by Crippen LogP contribution is 2.31. The molecule has 6 heteroatoms. The first kappa shape index (κ1) is 17.2. The van der Waals surface area contributed by atoms with Gasteiger partial charge in [0.05, 0.1) is 19.3 Å². The van der Waals surface area contributed by atoms with Crippen molar-refractivity contribution in [1.82, 2.24) is 10.6 Å². The van der Waals surface area contributed by atoms with E-state index in [-0.39, 0.29) is 24.4 Å². The Hall–Kier alpha value is -2.60. The molecule has 1 aliphatic rings. The van der Waals surface area contributed by atoms with Crippen LogP contribution in [0.1, 0.15) is 35.3 Å². The Morgan fingerprint density at radius 2 is 2.08 bits per heavy atom. The van der Waals surface area contributed by atoms with Crippen LogP contribution >= 0.6 is 0 Å². The van der Waals surface area contributed by atoms with Crippen molar-refractivity contribution in [3.05, 3.63) is 65.0 Å². The molecule has 5 nitrogen and oxygen atoms in total. The van der Waals surface area contributed by atoms with Crippen molar-refractivity contribution in [1.29, 1.82) is 0 Å². The minimum absolute atomic E-state index is 0.0842. The van der Waals surface area contributed by atoms with Crippen LogP contribution in [-0.2, 0) is 6.42 Å². The molecular weight excluding hydrogens is 323 g/mol. The summed E-state index contributed by atoms with van der Waals surface area (Å²) in [4.78, 5) is 12.1. The largest absolute Gasteiger partial charge is 0.497 e. The predicted molar refractivity (Wildman–Crippen MR) is 92.0 cm³/mol. The molecule has 0 saturated carbocycles. The zero-order valence-corrected chi connectivity index (χ0v) is 14.0. The van der Waals surface area contributed by atoms with Crippen molar-refractivity contribution in [2.75, 3.05) is 13.7 Å². The van der Waals surface area contributed by atoms with Crippen LogP contribution in [0.15, 0.2) is 42.5 Å². The lowest BCUT2D eigenvalue weighted by molar-refractivity contribution is 0.172. The number of carbonyl (C=O) groups is 1. The summed E-state index contributed by atoms with van der Waals surface area (Å²) >= 11 is 0. The number of aryl methyl sites for hydroxylation is 1. The Balaban J connectivity index is 1.52. The van der Waals surface area contributed by atoms with Crippen LogP contribution in [0.25, 0.3) is 0 Å². The molecule has 0 heterocycles. The number of rotatable bonds is 5. The number of halogens is 1. The fourth-order valence-corrected chi connectivity index (χ4v) is 3.07. The molecule has 2 unspecified atom stereocenters. The maximum Gasteiger partial charge on any atom is 0.315 e. The molecule has 3 N–H and O–H groups in total. The van der Waals surface area contributed by atoms with Crippen molar-refractivity contribution in [2.45, 2.75) is 25.0 Å². The summed E-state index contributed by atoms with van der Waals surface area (Å²) in [5.41, 5.74) is 2.57. The van der Waals surface area contributed by atoms with Gasteiger partial charge in [0.2, 0.25) is 0 Å². The summed E-state index contributed by atoms with van der Waals surface area (Å²) in [6.45, 7) is 0.0842. The second-order valence-electron chi connectivity index (χ2n) is 6.08. The zero-order valence-electron chi connectivity index (χ0n) is 14.0. The van der Waals surface area contributed by atoms with Crippen molar-refractivity contribution >= 4 is 6.03 Å². The molecule has 2 amide bonds. The van der Waals surface area contributed by atoms with Crippen molar-refractivity contribution < 1.29 is 19.0 Å². The summed E-state index contributed by atoms with van der Waals surface area (Å²) in [5, 5.41) is 15.7. The van der Waals surface area contributed by atoms with E-state index in [4.69, 9.17) is 4.74 Å². The summed E-state index contributed by atoms with van der Waals surface area (Å²) in [6, 6.07) is 11.1. The number of nitrogens with one attached hydrogen (secondary N) is 2. The van der Waals surface area contributed by atoms with Gasteiger partial charge in [-0.2, -0.15) is 0 Å². The van der Waals surface area contributed by atoms with Gasteiger partial charge in [-0.25, -0.2) is 9.18 Å². The fourth-order valence-electron chi connectivity index (χ4n) is 3.07. The maximum absolute atomic E-state index is 13.4. The number of fused-ring (bicyclic) bond motifs is 1. The molecule has 1 aliphatic carbocycles. The van der Waals surface area contributed by atoms with E-state index in [1.165, 1.54) is 12.1 Å². The first-order chi connectivity index (χ1) is 12.1. The Bertz CT molecular complexity index is 749. The SMILES string of the molecule is COc1ccc(C(O)CNC(=O)NC2CCc3ccc(F)cc32)cc1. The predicted octanol–water partition coefficient (Wildman–Crippen LogP) is 2.85. The van der Waals surface area contributed by atoms with Gasteiger partial charge in [-0.15, -0.1) is 0 Å². The van der Waals surface area contributed by atoms with E-state index >= 15 is 0 Å². The van der Waals surface area contributed by atoms with Crippen LogP contribution < -0.4 is 15.4 Å². The highest BCUT2D eigenvalue weighted by molar-refractivity contribution is 5.74. The van der Waals surface area contributed by atoms with E-state index in [0.717, 1.165) is 24.0 Å². The third-order valence-corrected chi connectivity index (χ3v) is 4.45. The molecule has 0 radical (unpaired) electrons. The number of amides is 2. The van der Waals surface area contributed by atoms with Gasteiger partial charge >= 0.3 is 6.03 Å². The van der Waals surface area contributed by atoms with E-state index in [0.29, 0.717) is 11.3 Å². The van der Waals surface area contributed by atoms with Gasteiger partial charge in [0.15, 0.2) is 0 Å². The third kappa shape index (κ3) is 4.09. The second kappa shape index (κ2) is 7.53. The van der Waals surface area contributed by atoms with Crippen LogP contribution in [-0.4, -0.2) is 24.8 Å². The molecule has 0 saturated heterocycles. The summed E-state index contributed by atoms with van der Waals surface area (Å²) < 4.78 is 18.5. The lowest BCUT2D eigenvalue weighted by Crippen LogP contribution is -2.39. The van der Waals surface area contributed by atoms with E-state index in [9.17, 15) is 14.3 Å². The van der Waals surface area contributed by atoms with Crippen LogP contribution in [0.4, 0.5) is 9.18 Å². The normalized spacial score (nSPS) is 16.8. The van der Waals surface area contributed by atoms with Gasteiger partial charge in [-0.05, 0) is 53.8 Å². The van der Waals surface area contributed by atoms with Crippen LogP contribution in [0.3, 0.4) is 0 Å². The topological polar surface area (TPSA) is 70.6 Å².